The van der Waals surface area contributed by atoms with Crippen LogP contribution in [0.15, 0.2) is 23.1 Å². The fourth-order valence-corrected chi connectivity index (χ4v) is 4.02. The van der Waals surface area contributed by atoms with Gasteiger partial charge in [-0.05, 0) is 44.6 Å². The molecule has 1 aromatic rings. The van der Waals surface area contributed by atoms with E-state index in [1.165, 1.54) is 17.4 Å². The summed E-state index contributed by atoms with van der Waals surface area (Å²) >= 11 is 0. The lowest BCUT2D eigenvalue weighted by Gasteiger charge is -2.35. The van der Waals surface area contributed by atoms with Gasteiger partial charge in [-0.2, -0.15) is 4.31 Å². The smallest absolute Gasteiger partial charge is 0.245 e. The maximum absolute atomic E-state index is 13.3. The fraction of sp³-hybridized carbons (Fsp3) is 0.538. The summed E-state index contributed by atoms with van der Waals surface area (Å²) in [6.07, 6.45) is 1.74. The number of piperidine rings is 1. The van der Waals surface area contributed by atoms with Crippen LogP contribution in [0, 0.1) is 5.82 Å². The van der Waals surface area contributed by atoms with Crippen molar-refractivity contribution in [3.63, 3.8) is 0 Å². The quantitative estimate of drug-likeness (QED) is 0.850. The van der Waals surface area contributed by atoms with E-state index in [9.17, 15) is 12.8 Å². The Kier molecular flexibility index (Phi) is 4.31. The van der Waals surface area contributed by atoms with Crippen LogP contribution < -0.4 is 5.73 Å². The van der Waals surface area contributed by atoms with E-state index in [2.05, 4.69) is 4.90 Å². The fourth-order valence-electron chi connectivity index (χ4n) is 2.52. The van der Waals surface area contributed by atoms with Gasteiger partial charge in [0.15, 0.2) is 0 Å². The largest absolute Gasteiger partial charge is 0.398 e. The molecule has 2 N–H and O–H groups in total. The van der Waals surface area contributed by atoms with Gasteiger partial charge in [-0.3, -0.25) is 0 Å². The second-order valence-electron chi connectivity index (χ2n) is 5.26. The second-order valence-corrected chi connectivity index (χ2v) is 7.23. The summed E-state index contributed by atoms with van der Waals surface area (Å²) in [6.45, 7) is 1.64. The zero-order valence-corrected chi connectivity index (χ0v) is 12.5. The number of likely N-dealkylation sites (N-methyl/N-ethyl adjacent to an activating group) is 2. The van der Waals surface area contributed by atoms with Gasteiger partial charge in [0, 0.05) is 19.6 Å². The molecule has 5 nitrogen and oxygen atoms in total. The Labute approximate surface area is 119 Å². The predicted molar refractivity (Wildman–Crippen MR) is 76.3 cm³/mol. The van der Waals surface area contributed by atoms with Crippen LogP contribution in [0.5, 0.6) is 0 Å². The molecular formula is C13H20FN3O2S. The number of halogens is 1. The molecule has 20 heavy (non-hydrogen) atoms. The highest BCUT2D eigenvalue weighted by molar-refractivity contribution is 7.89. The van der Waals surface area contributed by atoms with E-state index < -0.39 is 15.8 Å². The highest BCUT2D eigenvalue weighted by atomic mass is 32.2. The number of anilines is 1. The summed E-state index contributed by atoms with van der Waals surface area (Å²) in [7, 11) is -0.281. The van der Waals surface area contributed by atoms with Gasteiger partial charge in [0.2, 0.25) is 10.0 Å². The molecule has 0 amide bonds. The zero-order chi connectivity index (χ0) is 14.9. The Balaban J connectivity index is 2.31. The number of nitrogens with two attached hydrogens (primary N) is 1. The maximum atomic E-state index is 13.3. The number of hydrogen-bond acceptors (Lipinski definition) is 4. The molecule has 2 rings (SSSR count). The Morgan fingerprint density at radius 2 is 2.15 bits per heavy atom. The van der Waals surface area contributed by atoms with Crippen LogP contribution in [-0.2, 0) is 10.0 Å². The van der Waals surface area contributed by atoms with E-state index in [0.717, 1.165) is 31.5 Å². The lowest BCUT2D eigenvalue weighted by atomic mass is 10.1. The van der Waals surface area contributed by atoms with Gasteiger partial charge in [0.05, 0.1) is 5.69 Å². The first-order valence-electron chi connectivity index (χ1n) is 6.54. The zero-order valence-electron chi connectivity index (χ0n) is 11.7. The number of benzene rings is 1. The van der Waals surface area contributed by atoms with Crippen LogP contribution in [0.25, 0.3) is 0 Å². The Morgan fingerprint density at radius 3 is 2.80 bits per heavy atom. The van der Waals surface area contributed by atoms with Gasteiger partial charge >= 0.3 is 0 Å². The number of rotatable bonds is 3. The highest BCUT2D eigenvalue weighted by Crippen LogP contribution is 2.26. The third-order valence-electron chi connectivity index (χ3n) is 3.75. The summed E-state index contributed by atoms with van der Waals surface area (Å²) in [4.78, 5) is 1.93. The van der Waals surface area contributed by atoms with E-state index >= 15 is 0 Å². The van der Waals surface area contributed by atoms with Crippen molar-refractivity contribution in [1.29, 1.82) is 0 Å². The molecule has 0 aromatic heterocycles. The third kappa shape index (κ3) is 2.94. The molecule has 1 aliphatic rings. The van der Waals surface area contributed by atoms with Crippen molar-refractivity contribution >= 4 is 15.7 Å². The normalized spacial score (nSPS) is 21.3. The van der Waals surface area contributed by atoms with Crippen molar-refractivity contribution in [2.75, 3.05) is 32.9 Å². The molecule has 7 heteroatoms. The number of hydrogen-bond donors (Lipinski definition) is 1. The van der Waals surface area contributed by atoms with Crippen molar-refractivity contribution in [1.82, 2.24) is 9.21 Å². The molecule has 0 saturated carbocycles. The average molecular weight is 301 g/mol. The molecule has 1 atom stereocenters. The van der Waals surface area contributed by atoms with Crippen molar-refractivity contribution in [3.05, 3.63) is 24.0 Å². The van der Waals surface area contributed by atoms with Gasteiger partial charge < -0.3 is 10.6 Å². The number of nitrogens with zero attached hydrogens (tertiary/aromatic N) is 2. The van der Waals surface area contributed by atoms with Gasteiger partial charge in [-0.25, -0.2) is 12.8 Å². The van der Waals surface area contributed by atoms with Gasteiger partial charge in [0.25, 0.3) is 0 Å². The van der Waals surface area contributed by atoms with Gasteiger partial charge in [0.1, 0.15) is 10.7 Å². The highest BCUT2D eigenvalue weighted by Gasteiger charge is 2.31. The summed E-state index contributed by atoms with van der Waals surface area (Å²) in [5, 5.41) is 0. The molecular weight excluding hydrogens is 281 g/mol. The Morgan fingerprint density at radius 1 is 1.45 bits per heavy atom. The SMILES string of the molecule is CN1CCCC(N(C)S(=O)(=O)c2cc(F)ccc2N)C1. The average Bonchev–Trinajstić information content (AvgIpc) is 2.40. The molecule has 0 aliphatic carbocycles. The van der Waals surface area contributed by atoms with E-state index in [1.807, 2.05) is 7.05 Å². The predicted octanol–water partition coefficient (Wildman–Crippen LogP) is 1.12. The Hall–Kier alpha value is -1.18. The van der Waals surface area contributed by atoms with Crippen molar-refractivity contribution < 1.29 is 12.8 Å². The molecule has 112 valence electrons. The lowest BCUT2D eigenvalue weighted by Crippen LogP contribution is -2.47. The van der Waals surface area contributed by atoms with E-state index in [4.69, 9.17) is 5.73 Å². The molecule has 1 heterocycles. The van der Waals surface area contributed by atoms with Crippen LogP contribution in [0.4, 0.5) is 10.1 Å². The number of sulfonamides is 1. The van der Waals surface area contributed by atoms with E-state index in [0.29, 0.717) is 6.54 Å². The molecule has 1 aliphatic heterocycles. The van der Waals surface area contributed by atoms with Crippen LogP contribution in [-0.4, -0.2) is 50.8 Å². The molecule has 1 aromatic carbocycles. The third-order valence-corrected chi connectivity index (χ3v) is 5.71. The minimum Gasteiger partial charge on any atom is -0.398 e. The van der Waals surface area contributed by atoms with Gasteiger partial charge in [-0.1, -0.05) is 0 Å². The van der Waals surface area contributed by atoms with Crippen molar-refractivity contribution in [2.45, 2.75) is 23.8 Å². The van der Waals surface area contributed by atoms with Crippen molar-refractivity contribution in [2.24, 2.45) is 0 Å². The Bertz CT molecular complexity index is 591. The molecule has 1 fully saturated rings. The standard InChI is InChI=1S/C13H20FN3O2S/c1-16-7-3-4-11(9-16)17(2)20(18,19)13-8-10(14)5-6-12(13)15/h5-6,8,11H,3-4,7,9,15H2,1-2H3. The maximum Gasteiger partial charge on any atom is 0.245 e. The van der Waals surface area contributed by atoms with E-state index in [1.54, 1.807) is 0 Å². The summed E-state index contributed by atoms with van der Waals surface area (Å²) in [5.74, 6) is -0.605. The molecule has 0 spiro atoms. The minimum atomic E-state index is -3.77. The van der Waals surface area contributed by atoms with Gasteiger partial charge in [-0.15, -0.1) is 0 Å². The first kappa shape index (κ1) is 15.2. The second kappa shape index (κ2) is 5.67. The molecule has 0 bridgehead atoms. The molecule has 1 unspecified atom stereocenters. The lowest BCUT2D eigenvalue weighted by molar-refractivity contribution is 0.187. The van der Waals surface area contributed by atoms with Crippen LogP contribution in [0.1, 0.15) is 12.8 Å². The summed E-state index contributed by atoms with van der Waals surface area (Å²) in [5.41, 5.74) is 5.76. The van der Waals surface area contributed by atoms with Crippen molar-refractivity contribution in [3.8, 4) is 0 Å². The number of nitrogen functional groups attached to an aromatic ring is 1. The first-order chi connectivity index (χ1) is 9.32. The summed E-state index contributed by atoms with van der Waals surface area (Å²) in [6, 6.07) is 3.31. The monoisotopic (exact) mass is 301 g/mol. The van der Waals surface area contributed by atoms with Crippen LogP contribution in [0.3, 0.4) is 0 Å². The minimum absolute atomic E-state index is 0.0717. The topological polar surface area (TPSA) is 66.6 Å². The molecule has 1 saturated heterocycles. The summed E-state index contributed by atoms with van der Waals surface area (Å²) < 4.78 is 39.8. The molecule has 0 radical (unpaired) electrons. The van der Waals surface area contributed by atoms with E-state index in [-0.39, 0.29) is 16.6 Å². The number of likely N-dealkylation sites (tertiary alicyclic amines) is 1. The van der Waals surface area contributed by atoms with Crippen LogP contribution in [0.2, 0.25) is 0 Å². The first-order valence-corrected chi connectivity index (χ1v) is 7.98. The van der Waals surface area contributed by atoms with Crippen LogP contribution >= 0.6 is 0 Å².